The van der Waals surface area contributed by atoms with E-state index in [2.05, 4.69) is 26.8 Å². The molecule has 1 aromatic carbocycles. The molecule has 25 heavy (non-hydrogen) atoms. The van der Waals surface area contributed by atoms with Crippen molar-refractivity contribution in [3.05, 3.63) is 48.0 Å². The summed E-state index contributed by atoms with van der Waals surface area (Å²) in [5, 5.41) is 28.7. The van der Waals surface area contributed by atoms with E-state index in [-0.39, 0.29) is 24.8 Å². The molecule has 128 valence electrons. The standard InChI is InChI=1S/C17H17N5O3/c18-16-15-17(22(10-19-15)8-12(24)9-23)21-14(20-16)7-6-13(25)11-4-2-1-3-5-11/h1-5,10,12-13,23-25H,8-9H2,(H2,18,20,21). The van der Waals surface area contributed by atoms with Crippen LogP contribution in [-0.4, -0.2) is 47.5 Å². The Balaban J connectivity index is 1.92. The highest BCUT2D eigenvalue weighted by atomic mass is 16.3. The molecule has 2 heterocycles. The summed E-state index contributed by atoms with van der Waals surface area (Å²) in [6.07, 6.45) is -0.448. The van der Waals surface area contributed by atoms with Crippen molar-refractivity contribution in [1.82, 2.24) is 19.5 Å². The lowest BCUT2D eigenvalue weighted by molar-refractivity contribution is 0.0820. The predicted molar refractivity (Wildman–Crippen MR) is 91.1 cm³/mol. The molecule has 2 atom stereocenters. The summed E-state index contributed by atoms with van der Waals surface area (Å²) in [4.78, 5) is 12.5. The van der Waals surface area contributed by atoms with E-state index >= 15 is 0 Å². The molecular formula is C17H17N5O3. The van der Waals surface area contributed by atoms with Crippen LogP contribution < -0.4 is 5.73 Å². The molecule has 0 spiro atoms. The molecule has 0 aliphatic heterocycles. The van der Waals surface area contributed by atoms with Crippen LogP contribution in [-0.2, 0) is 6.54 Å². The van der Waals surface area contributed by atoms with Crippen molar-refractivity contribution in [2.24, 2.45) is 0 Å². The van der Waals surface area contributed by atoms with E-state index in [1.165, 1.54) is 6.33 Å². The van der Waals surface area contributed by atoms with Crippen molar-refractivity contribution in [3.8, 4) is 11.8 Å². The molecule has 0 saturated heterocycles. The lowest BCUT2D eigenvalue weighted by atomic mass is 10.1. The molecular weight excluding hydrogens is 322 g/mol. The number of anilines is 1. The zero-order valence-electron chi connectivity index (χ0n) is 13.2. The van der Waals surface area contributed by atoms with Gasteiger partial charge in [-0.15, -0.1) is 0 Å². The number of nitrogen functional groups attached to an aromatic ring is 1. The topological polar surface area (TPSA) is 130 Å². The van der Waals surface area contributed by atoms with Gasteiger partial charge in [-0.1, -0.05) is 36.3 Å². The van der Waals surface area contributed by atoms with Gasteiger partial charge in [-0.25, -0.2) is 15.0 Å². The van der Waals surface area contributed by atoms with Crippen LogP contribution in [0.15, 0.2) is 36.7 Å². The lowest BCUT2D eigenvalue weighted by Crippen LogP contribution is -2.19. The Morgan fingerprint density at radius 3 is 2.64 bits per heavy atom. The Bertz CT molecular complexity index is 930. The van der Waals surface area contributed by atoms with Crippen molar-refractivity contribution < 1.29 is 15.3 Å². The molecule has 8 nitrogen and oxygen atoms in total. The van der Waals surface area contributed by atoms with Gasteiger partial charge in [0.25, 0.3) is 0 Å². The Hall–Kier alpha value is -2.99. The van der Waals surface area contributed by atoms with E-state index < -0.39 is 12.2 Å². The van der Waals surface area contributed by atoms with E-state index in [0.29, 0.717) is 16.7 Å². The third-order valence-corrected chi connectivity index (χ3v) is 3.55. The number of imidazole rings is 1. The average molecular weight is 339 g/mol. The van der Waals surface area contributed by atoms with Crippen molar-refractivity contribution in [1.29, 1.82) is 0 Å². The van der Waals surface area contributed by atoms with Crippen molar-refractivity contribution in [2.75, 3.05) is 12.3 Å². The van der Waals surface area contributed by atoms with E-state index in [0.717, 1.165) is 0 Å². The molecule has 2 unspecified atom stereocenters. The van der Waals surface area contributed by atoms with Gasteiger partial charge < -0.3 is 25.6 Å². The minimum atomic E-state index is -0.970. The second kappa shape index (κ2) is 7.27. The first kappa shape index (κ1) is 16.9. The van der Waals surface area contributed by atoms with Gasteiger partial charge in [0.05, 0.1) is 25.6 Å². The van der Waals surface area contributed by atoms with Crippen LogP contribution in [0.4, 0.5) is 5.82 Å². The molecule has 0 bridgehead atoms. The first-order chi connectivity index (χ1) is 12.1. The second-order valence-electron chi connectivity index (χ2n) is 5.42. The lowest BCUT2D eigenvalue weighted by Gasteiger charge is -2.08. The van der Waals surface area contributed by atoms with E-state index in [4.69, 9.17) is 10.8 Å². The van der Waals surface area contributed by atoms with Crippen LogP contribution in [0.5, 0.6) is 0 Å². The molecule has 8 heteroatoms. The fraction of sp³-hybridized carbons (Fsp3) is 0.235. The highest BCUT2D eigenvalue weighted by molar-refractivity contribution is 5.81. The molecule has 0 saturated carbocycles. The molecule has 5 N–H and O–H groups in total. The summed E-state index contributed by atoms with van der Waals surface area (Å²) >= 11 is 0. The smallest absolute Gasteiger partial charge is 0.209 e. The number of aliphatic hydroxyl groups is 3. The van der Waals surface area contributed by atoms with Crippen LogP contribution in [0.3, 0.4) is 0 Å². The number of fused-ring (bicyclic) bond motifs is 1. The van der Waals surface area contributed by atoms with Gasteiger partial charge in [0.15, 0.2) is 11.5 Å². The number of hydrogen-bond donors (Lipinski definition) is 4. The number of rotatable bonds is 4. The van der Waals surface area contributed by atoms with Crippen LogP contribution in [0, 0.1) is 11.8 Å². The minimum Gasteiger partial charge on any atom is -0.394 e. The molecule has 0 amide bonds. The van der Waals surface area contributed by atoms with Crippen LogP contribution in [0.2, 0.25) is 0 Å². The maximum Gasteiger partial charge on any atom is 0.209 e. The summed E-state index contributed by atoms with van der Waals surface area (Å²) in [6.45, 7) is -0.265. The molecule has 0 aliphatic rings. The molecule has 2 aromatic heterocycles. The highest BCUT2D eigenvalue weighted by Gasteiger charge is 2.13. The van der Waals surface area contributed by atoms with Gasteiger partial charge in [-0.05, 0) is 11.5 Å². The van der Waals surface area contributed by atoms with Gasteiger partial charge in [-0.2, -0.15) is 0 Å². The zero-order chi connectivity index (χ0) is 17.8. The molecule has 0 radical (unpaired) electrons. The third kappa shape index (κ3) is 3.75. The van der Waals surface area contributed by atoms with Gasteiger partial charge in [0, 0.05) is 0 Å². The van der Waals surface area contributed by atoms with Crippen molar-refractivity contribution in [2.45, 2.75) is 18.8 Å². The van der Waals surface area contributed by atoms with Crippen molar-refractivity contribution >= 4 is 17.0 Å². The molecule has 0 aliphatic carbocycles. The summed E-state index contributed by atoms with van der Waals surface area (Å²) in [6, 6.07) is 9.01. The van der Waals surface area contributed by atoms with Crippen LogP contribution >= 0.6 is 0 Å². The number of nitrogens with zero attached hydrogens (tertiary/aromatic N) is 4. The number of hydrogen-bond acceptors (Lipinski definition) is 7. The third-order valence-electron chi connectivity index (χ3n) is 3.55. The number of aromatic nitrogens is 4. The van der Waals surface area contributed by atoms with Crippen LogP contribution in [0.25, 0.3) is 11.2 Å². The molecule has 3 rings (SSSR count). The Kier molecular flexibility index (Phi) is 4.90. The average Bonchev–Trinajstić information content (AvgIpc) is 3.03. The molecule has 3 aromatic rings. The number of benzene rings is 1. The van der Waals surface area contributed by atoms with E-state index in [1.54, 1.807) is 16.7 Å². The minimum absolute atomic E-state index is 0.114. The van der Waals surface area contributed by atoms with Gasteiger partial charge in [0.2, 0.25) is 5.82 Å². The largest absolute Gasteiger partial charge is 0.394 e. The first-order valence-electron chi connectivity index (χ1n) is 7.60. The van der Waals surface area contributed by atoms with Crippen molar-refractivity contribution in [3.63, 3.8) is 0 Å². The quantitative estimate of drug-likeness (QED) is 0.486. The monoisotopic (exact) mass is 339 g/mol. The summed E-state index contributed by atoms with van der Waals surface area (Å²) in [5.74, 6) is 5.67. The number of nitrogens with two attached hydrogens (primary N) is 1. The zero-order valence-corrected chi connectivity index (χ0v) is 13.2. The fourth-order valence-electron chi connectivity index (χ4n) is 2.29. The van der Waals surface area contributed by atoms with Crippen LogP contribution in [0.1, 0.15) is 17.5 Å². The maximum atomic E-state index is 10.1. The van der Waals surface area contributed by atoms with E-state index in [9.17, 15) is 10.2 Å². The molecule has 0 fully saturated rings. The fourth-order valence-corrected chi connectivity index (χ4v) is 2.29. The SMILES string of the molecule is Nc1nc(C#CC(O)c2ccccc2)nc2c1ncn2CC(O)CO. The van der Waals surface area contributed by atoms with Gasteiger partial charge >= 0.3 is 0 Å². The predicted octanol–water partition coefficient (Wildman–Crippen LogP) is -0.153. The Labute approximate surface area is 143 Å². The maximum absolute atomic E-state index is 10.1. The first-order valence-corrected chi connectivity index (χ1v) is 7.60. The van der Waals surface area contributed by atoms with E-state index in [1.807, 2.05) is 18.2 Å². The summed E-state index contributed by atoms with van der Waals surface area (Å²) in [7, 11) is 0. The highest BCUT2D eigenvalue weighted by Crippen LogP contribution is 2.17. The summed E-state index contributed by atoms with van der Waals surface area (Å²) < 4.78 is 1.56. The Morgan fingerprint density at radius 2 is 1.92 bits per heavy atom. The number of aliphatic hydroxyl groups excluding tert-OH is 3. The second-order valence-corrected chi connectivity index (χ2v) is 5.42. The van der Waals surface area contributed by atoms with Gasteiger partial charge in [0.1, 0.15) is 11.6 Å². The summed E-state index contributed by atoms with van der Waals surface area (Å²) in [5.41, 5.74) is 7.34. The Morgan fingerprint density at radius 1 is 1.16 bits per heavy atom. The normalized spacial score (nSPS) is 13.2. The van der Waals surface area contributed by atoms with Gasteiger partial charge in [-0.3, -0.25) is 0 Å².